The third-order valence-electron chi connectivity index (χ3n) is 2.59. The van der Waals surface area contributed by atoms with Crippen LogP contribution in [-0.4, -0.2) is 47.5 Å². The number of carbonyl (C=O) groups is 1. The van der Waals surface area contributed by atoms with E-state index in [1.54, 1.807) is 0 Å². The molecule has 20 heavy (non-hydrogen) atoms. The second-order valence-electron chi connectivity index (χ2n) is 4.12. The number of aliphatic hydroxyl groups excluding tert-OH is 1. The van der Waals surface area contributed by atoms with Gasteiger partial charge in [0.25, 0.3) is 5.69 Å². The van der Waals surface area contributed by atoms with Crippen molar-refractivity contribution in [1.29, 1.82) is 0 Å². The summed E-state index contributed by atoms with van der Waals surface area (Å²) in [5.74, 6) is -1.35. The highest BCUT2D eigenvalue weighted by atomic mass is 16.6. The van der Waals surface area contributed by atoms with Crippen molar-refractivity contribution in [3.63, 3.8) is 0 Å². The van der Waals surface area contributed by atoms with Crippen molar-refractivity contribution < 1.29 is 24.7 Å². The molecule has 3 N–H and O–H groups in total. The number of nitrogens with one attached hydrogen (secondary N) is 1. The largest absolute Gasteiger partial charge is 0.477 e. The smallest absolute Gasteiger partial charge is 0.342 e. The Labute approximate surface area is 115 Å². The number of ether oxygens (including phenoxy) is 1. The average Bonchev–Trinajstić information content (AvgIpc) is 2.38. The number of carboxylic acid groups (broad SMARTS) is 1. The number of hydrogen-bond donors (Lipinski definition) is 3. The molecule has 0 bridgehead atoms. The van der Waals surface area contributed by atoms with E-state index >= 15 is 0 Å². The van der Waals surface area contributed by atoms with Crippen LogP contribution in [0.1, 0.15) is 16.8 Å². The van der Waals surface area contributed by atoms with Crippen LogP contribution in [0.15, 0.2) is 18.2 Å². The Kier molecular flexibility index (Phi) is 5.88. The average molecular weight is 284 g/mol. The minimum absolute atomic E-state index is 0.208. The second-order valence-corrected chi connectivity index (χ2v) is 4.12. The first-order valence-corrected chi connectivity index (χ1v) is 5.88. The van der Waals surface area contributed by atoms with Crippen LogP contribution < -0.4 is 5.32 Å². The Bertz CT molecular complexity index is 491. The van der Waals surface area contributed by atoms with Crippen molar-refractivity contribution in [2.45, 2.75) is 12.5 Å². The van der Waals surface area contributed by atoms with E-state index in [1.807, 2.05) is 0 Å². The van der Waals surface area contributed by atoms with E-state index in [1.165, 1.54) is 19.2 Å². The van der Waals surface area contributed by atoms with Crippen LogP contribution in [0.2, 0.25) is 0 Å². The number of nitro benzene ring substituents is 1. The lowest BCUT2D eigenvalue weighted by atomic mass is 10.1. The summed E-state index contributed by atoms with van der Waals surface area (Å²) >= 11 is 0. The maximum Gasteiger partial charge on any atom is 0.342 e. The number of anilines is 1. The van der Waals surface area contributed by atoms with E-state index in [-0.39, 0.29) is 12.2 Å². The van der Waals surface area contributed by atoms with Gasteiger partial charge in [-0.3, -0.25) is 10.1 Å². The van der Waals surface area contributed by atoms with Crippen molar-refractivity contribution in [3.8, 4) is 0 Å². The van der Waals surface area contributed by atoms with Crippen LogP contribution in [0.25, 0.3) is 0 Å². The van der Waals surface area contributed by atoms with Gasteiger partial charge in [-0.25, -0.2) is 4.79 Å². The summed E-state index contributed by atoms with van der Waals surface area (Å²) in [4.78, 5) is 20.9. The van der Waals surface area contributed by atoms with Crippen molar-refractivity contribution in [2.24, 2.45) is 0 Å². The maximum absolute atomic E-state index is 10.8. The lowest BCUT2D eigenvalue weighted by molar-refractivity contribution is -0.385. The molecule has 8 heteroatoms. The summed E-state index contributed by atoms with van der Waals surface area (Å²) in [6.07, 6.45) is -0.219. The Morgan fingerprint density at radius 2 is 2.25 bits per heavy atom. The fourth-order valence-corrected chi connectivity index (χ4v) is 1.63. The van der Waals surface area contributed by atoms with Crippen LogP contribution in [0.5, 0.6) is 0 Å². The first kappa shape index (κ1) is 15.9. The lowest BCUT2D eigenvalue weighted by Crippen LogP contribution is -2.18. The molecule has 8 nitrogen and oxygen atoms in total. The molecule has 0 aromatic heterocycles. The van der Waals surface area contributed by atoms with Crippen molar-refractivity contribution in [3.05, 3.63) is 33.9 Å². The third-order valence-corrected chi connectivity index (χ3v) is 2.59. The van der Waals surface area contributed by atoms with Gasteiger partial charge in [0.2, 0.25) is 0 Å². The van der Waals surface area contributed by atoms with Crippen LogP contribution in [0.3, 0.4) is 0 Å². The van der Waals surface area contributed by atoms with E-state index in [0.29, 0.717) is 18.7 Å². The van der Waals surface area contributed by atoms with Crippen molar-refractivity contribution in [1.82, 2.24) is 0 Å². The third kappa shape index (κ3) is 4.48. The Hall–Kier alpha value is -2.19. The van der Waals surface area contributed by atoms with Crippen LogP contribution >= 0.6 is 0 Å². The number of nitro groups is 1. The molecular formula is C12H16N2O6. The molecule has 0 amide bonds. The number of carboxylic acids is 1. The summed E-state index contributed by atoms with van der Waals surface area (Å²) in [6, 6.07) is 3.78. The molecule has 1 unspecified atom stereocenters. The Balaban J connectivity index is 2.70. The highest BCUT2D eigenvalue weighted by Gasteiger charge is 2.19. The van der Waals surface area contributed by atoms with Gasteiger partial charge in [-0.2, -0.15) is 0 Å². The predicted octanol–water partition coefficient (Wildman–Crippen LogP) is 1.10. The maximum atomic E-state index is 10.8. The Morgan fingerprint density at radius 1 is 1.55 bits per heavy atom. The van der Waals surface area contributed by atoms with Gasteiger partial charge in [0.15, 0.2) is 0 Å². The fourth-order valence-electron chi connectivity index (χ4n) is 1.63. The molecule has 0 aliphatic heterocycles. The number of rotatable bonds is 8. The summed E-state index contributed by atoms with van der Waals surface area (Å²) in [7, 11) is 1.48. The molecule has 110 valence electrons. The molecule has 0 spiro atoms. The SMILES string of the molecule is COCC(O)CCNc1ccc(C(=O)O)c([N+](=O)[O-])c1. The molecule has 0 saturated heterocycles. The summed E-state index contributed by atoms with van der Waals surface area (Å²) in [5, 5.41) is 32.0. The highest BCUT2D eigenvalue weighted by molar-refractivity contribution is 5.93. The number of aromatic carboxylic acids is 1. The summed E-state index contributed by atoms with van der Waals surface area (Å²) in [5.41, 5.74) is -0.411. The van der Waals surface area contributed by atoms with E-state index in [4.69, 9.17) is 9.84 Å². The molecule has 1 aromatic rings. The standard InChI is InChI=1S/C12H16N2O6/c1-20-7-9(15)4-5-13-8-2-3-10(12(16)17)11(6-8)14(18)19/h2-3,6,9,13,15H,4-5,7H2,1H3,(H,16,17). The van der Waals surface area contributed by atoms with Crippen molar-refractivity contribution in [2.75, 3.05) is 25.6 Å². The normalized spacial score (nSPS) is 11.9. The van der Waals surface area contributed by atoms with E-state index in [0.717, 1.165) is 6.07 Å². The number of aliphatic hydroxyl groups is 1. The van der Waals surface area contributed by atoms with Gasteiger partial charge in [0.1, 0.15) is 5.56 Å². The van der Waals surface area contributed by atoms with Crippen LogP contribution in [0, 0.1) is 10.1 Å². The number of methoxy groups -OCH3 is 1. The van der Waals surface area contributed by atoms with E-state index in [9.17, 15) is 20.0 Å². The predicted molar refractivity (Wildman–Crippen MR) is 71.0 cm³/mol. The Morgan fingerprint density at radius 3 is 2.80 bits per heavy atom. The zero-order valence-corrected chi connectivity index (χ0v) is 10.9. The molecule has 0 aliphatic rings. The first-order chi connectivity index (χ1) is 9.45. The topological polar surface area (TPSA) is 122 Å². The van der Waals surface area contributed by atoms with Crippen molar-refractivity contribution >= 4 is 17.3 Å². The van der Waals surface area contributed by atoms with Gasteiger partial charge in [-0.1, -0.05) is 0 Å². The van der Waals surface area contributed by atoms with Gasteiger partial charge >= 0.3 is 5.97 Å². The molecule has 1 aromatic carbocycles. The zero-order chi connectivity index (χ0) is 15.1. The summed E-state index contributed by atoms with van der Waals surface area (Å²) in [6.45, 7) is 0.591. The van der Waals surface area contributed by atoms with Gasteiger partial charge in [0.05, 0.1) is 17.6 Å². The minimum atomic E-state index is -1.35. The fraction of sp³-hybridized carbons (Fsp3) is 0.417. The molecule has 0 aliphatic carbocycles. The minimum Gasteiger partial charge on any atom is -0.477 e. The quantitative estimate of drug-likeness (QED) is 0.482. The second kappa shape index (κ2) is 7.41. The number of hydrogen-bond acceptors (Lipinski definition) is 6. The molecule has 0 fully saturated rings. The lowest BCUT2D eigenvalue weighted by Gasteiger charge is -2.11. The van der Waals surface area contributed by atoms with Crippen LogP contribution in [0.4, 0.5) is 11.4 Å². The molecule has 0 radical (unpaired) electrons. The number of nitrogens with zero attached hydrogens (tertiary/aromatic N) is 1. The van der Waals surface area contributed by atoms with Crippen LogP contribution in [-0.2, 0) is 4.74 Å². The molecule has 1 rings (SSSR count). The van der Waals surface area contributed by atoms with E-state index in [2.05, 4.69) is 5.32 Å². The monoisotopic (exact) mass is 284 g/mol. The van der Waals surface area contributed by atoms with Gasteiger partial charge in [-0.15, -0.1) is 0 Å². The molecule has 1 atom stereocenters. The molecule has 0 saturated carbocycles. The highest BCUT2D eigenvalue weighted by Crippen LogP contribution is 2.23. The van der Waals surface area contributed by atoms with Gasteiger partial charge < -0.3 is 20.3 Å². The first-order valence-electron chi connectivity index (χ1n) is 5.88. The molecule has 0 heterocycles. The van der Waals surface area contributed by atoms with E-state index < -0.39 is 22.7 Å². The number of benzene rings is 1. The zero-order valence-electron chi connectivity index (χ0n) is 10.9. The van der Waals surface area contributed by atoms with Gasteiger partial charge in [0, 0.05) is 25.4 Å². The van der Waals surface area contributed by atoms with Gasteiger partial charge in [-0.05, 0) is 18.6 Å². The molecular weight excluding hydrogens is 268 g/mol. The summed E-state index contributed by atoms with van der Waals surface area (Å²) < 4.78 is 4.77.